The molecule has 4 nitrogen and oxygen atoms in total. The summed E-state index contributed by atoms with van der Waals surface area (Å²) in [6.45, 7) is 0. The molecular formula is C21H16F2N4. The Labute approximate surface area is 155 Å². The van der Waals surface area contributed by atoms with Crippen LogP contribution in [0.2, 0.25) is 0 Å². The SMILES string of the molecule is CN(C)c1nc(-c2cccnc2)nc2ccc(-c3ccc(F)cc3F)cc12. The van der Waals surface area contributed by atoms with Crippen molar-refractivity contribution in [2.45, 2.75) is 0 Å². The van der Waals surface area contributed by atoms with Gasteiger partial charge in [0.2, 0.25) is 0 Å². The molecule has 134 valence electrons. The zero-order chi connectivity index (χ0) is 19.0. The van der Waals surface area contributed by atoms with E-state index in [-0.39, 0.29) is 0 Å². The maximum Gasteiger partial charge on any atom is 0.163 e. The van der Waals surface area contributed by atoms with E-state index in [1.165, 1.54) is 12.1 Å². The molecule has 4 aromatic rings. The van der Waals surface area contributed by atoms with E-state index in [0.29, 0.717) is 22.8 Å². The Balaban J connectivity index is 1.92. The second-order valence-electron chi connectivity index (χ2n) is 6.36. The van der Waals surface area contributed by atoms with Crippen LogP contribution in [0.25, 0.3) is 33.4 Å². The summed E-state index contributed by atoms with van der Waals surface area (Å²) in [5.74, 6) is 0.0763. The number of rotatable bonds is 3. The number of pyridine rings is 1. The minimum absolute atomic E-state index is 0.333. The van der Waals surface area contributed by atoms with Gasteiger partial charge in [-0.05, 0) is 42.0 Å². The molecule has 6 heteroatoms. The van der Waals surface area contributed by atoms with Gasteiger partial charge in [0.05, 0.1) is 5.52 Å². The normalized spacial score (nSPS) is 11.0. The average Bonchev–Trinajstić information content (AvgIpc) is 2.67. The predicted molar refractivity (Wildman–Crippen MR) is 102 cm³/mol. The molecule has 0 aliphatic heterocycles. The molecule has 0 unspecified atom stereocenters. The summed E-state index contributed by atoms with van der Waals surface area (Å²) < 4.78 is 27.4. The third kappa shape index (κ3) is 3.21. The fraction of sp³-hybridized carbons (Fsp3) is 0.0952. The van der Waals surface area contributed by atoms with Crippen molar-refractivity contribution in [3.63, 3.8) is 0 Å². The van der Waals surface area contributed by atoms with Crippen LogP contribution in [0.15, 0.2) is 60.9 Å². The number of hydrogen-bond donors (Lipinski definition) is 0. The summed E-state index contributed by atoms with van der Waals surface area (Å²) in [7, 11) is 3.78. The van der Waals surface area contributed by atoms with Gasteiger partial charge in [-0.3, -0.25) is 4.98 Å². The standard InChI is InChI=1S/C21H16F2N4/c1-27(2)21-17-10-13(16-7-6-15(22)11-18(16)23)5-8-19(17)25-20(26-21)14-4-3-9-24-12-14/h3-12H,1-2H3. The number of fused-ring (bicyclic) bond motifs is 1. The Hall–Kier alpha value is -3.41. The minimum atomic E-state index is -0.603. The van der Waals surface area contributed by atoms with Crippen molar-refractivity contribution in [3.05, 3.63) is 72.6 Å². The van der Waals surface area contributed by atoms with Crippen LogP contribution in [0.4, 0.5) is 14.6 Å². The van der Waals surface area contributed by atoms with E-state index in [2.05, 4.69) is 15.0 Å². The van der Waals surface area contributed by atoms with Crippen molar-refractivity contribution >= 4 is 16.7 Å². The second kappa shape index (κ2) is 6.72. The summed E-state index contributed by atoms with van der Waals surface area (Å²) in [4.78, 5) is 15.3. The van der Waals surface area contributed by atoms with Crippen molar-refractivity contribution in [2.24, 2.45) is 0 Å². The van der Waals surface area contributed by atoms with E-state index < -0.39 is 11.6 Å². The van der Waals surface area contributed by atoms with Crippen LogP contribution in [-0.4, -0.2) is 29.0 Å². The number of hydrogen-bond acceptors (Lipinski definition) is 4. The van der Waals surface area contributed by atoms with Gasteiger partial charge in [0.25, 0.3) is 0 Å². The quantitative estimate of drug-likeness (QED) is 0.530. The van der Waals surface area contributed by atoms with Gasteiger partial charge in [-0.15, -0.1) is 0 Å². The van der Waals surface area contributed by atoms with Gasteiger partial charge in [-0.25, -0.2) is 18.7 Å². The van der Waals surface area contributed by atoms with E-state index in [1.54, 1.807) is 18.5 Å². The zero-order valence-corrected chi connectivity index (χ0v) is 14.8. The van der Waals surface area contributed by atoms with Crippen LogP contribution in [0.3, 0.4) is 0 Å². The highest BCUT2D eigenvalue weighted by molar-refractivity contribution is 5.94. The molecule has 0 N–H and O–H groups in total. The summed E-state index contributed by atoms with van der Waals surface area (Å²) in [6, 6.07) is 12.7. The molecule has 2 aromatic heterocycles. The molecule has 0 bridgehead atoms. The Morgan fingerprint density at radius 2 is 1.74 bits per heavy atom. The first-order valence-corrected chi connectivity index (χ1v) is 8.38. The van der Waals surface area contributed by atoms with Crippen LogP contribution in [0.5, 0.6) is 0 Å². The van der Waals surface area contributed by atoms with Gasteiger partial charge in [0, 0.05) is 49.1 Å². The molecule has 0 radical (unpaired) electrons. The van der Waals surface area contributed by atoms with Gasteiger partial charge < -0.3 is 4.90 Å². The van der Waals surface area contributed by atoms with Crippen LogP contribution >= 0.6 is 0 Å². The van der Waals surface area contributed by atoms with Crippen molar-refractivity contribution in [1.82, 2.24) is 15.0 Å². The molecule has 0 saturated heterocycles. The van der Waals surface area contributed by atoms with E-state index >= 15 is 0 Å². The second-order valence-corrected chi connectivity index (χ2v) is 6.36. The Morgan fingerprint density at radius 1 is 0.889 bits per heavy atom. The zero-order valence-electron chi connectivity index (χ0n) is 14.8. The van der Waals surface area contributed by atoms with Gasteiger partial charge in [0.15, 0.2) is 5.82 Å². The topological polar surface area (TPSA) is 41.9 Å². The van der Waals surface area contributed by atoms with E-state index in [4.69, 9.17) is 0 Å². The smallest absolute Gasteiger partial charge is 0.163 e. The first kappa shape index (κ1) is 17.0. The summed E-state index contributed by atoms with van der Waals surface area (Å²) in [5.41, 5.74) is 2.52. The fourth-order valence-electron chi connectivity index (χ4n) is 2.97. The van der Waals surface area contributed by atoms with Crippen molar-refractivity contribution in [1.29, 1.82) is 0 Å². The molecular weight excluding hydrogens is 346 g/mol. The summed E-state index contributed by atoms with van der Waals surface area (Å²) >= 11 is 0. The summed E-state index contributed by atoms with van der Waals surface area (Å²) in [5, 5.41) is 0.786. The lowest BCUT2D eigenvalue weighted by Crippen LogP contribution is -2.12. The van der Waals surface area contributed by atoms with Crippen LogP contribution < -0.4 is 4.90 Å². The third-order valence-corrected chi connectivity index (χ3v) is 4.26. The van der Waals surface area contributed by atoms with E-state index in [0.717, 1.165) is 22.5 Å². The first-order valence-electron chi connectivity index (χ1n) is 8.38. The Bertz CT molecular complexity index is 1130. The minimum Gasteiger partial charge on any atom is -0.362 e. The maximum absolute atomic E-state index is 14.2. The monoisotopic (exact) mass is 362 g/mol. The van der Waals surface area contributed by atoms with Crippen LogP contribution in [0.1, 0.15) is 0 Å². The predicted octanol–water partition coefficient (Wildman–Crippen LogP) is 4.70. The number of nitrogens with zero attached hydrogens (tertiary/aromatic N) is 4. The highest BCUT2D eigenvalue weighted by Gasteiger charge is 2.14. The lowest BCUT2D eigenvalue weighted by molar-refractivity contribution is 0.585. The molecule has 0 aliphatic rings. The third-order valence-electron chi connectivity index (χ3n) is 4.26. The molecule has 4 rings (SSSR count). The number of halogens is 2. The maximum atomic E-state index is 14.2. The molecule has 27 heavy (non-hydrogen) atoms. The first-order chi connectivity index (χ1) is 13.0. The lowest BCUT2D eigenvalue weighted by Gasteiger charge is -2.16. The molecule has 2 aromatic carbocycles. The average molecular weight is 362 g/mol. The van der Waals surface area contributed by atoms with E-state index in [1.807, 2.05) is 43.3 Å². The van der Waals surface area contributed by atoms with Gasteiger partial charge in [-0.2, -0.15) is 0 Å². The molecule has 0 spiro atoms. The Kier molecular flexibility index (Phi) is 4.24. The molecule has 0 atom stereocenters. The largest absolute Gasteiger partial charge is 0.362 e. The molecule has 0 saturated carbocycles. The van der Waals surface area contributed by atoms with Crippen LogP contribution in [0, 0.1) is 11.6 Å². The van der Waals surface area contributed by atoms with Gasteiger partial charge in [-0.1, -0.05) is 6.07 Å². The highest BCUT2D eigenvalue weighted by atomic mass is 19.1. The Morgan fingerprint density at radius 3 is 2.44 bits per heavy atom. The summed E-state index contributed by atoms with van der Waals surface area (Å²) in [6.07, 6.45) is 3.41. The number of anilines is 1. The van der Waals surface area contributed by atoms with Crippen molar-refractivity contribution < 1.29 is 8.78 Å². The molecule has 2 heterocycles. The fourth-order valence-corrected chi connectivity index (χ4v) is 2.97. The van der Waals surface area contributed by atoms with Crippen LogP contribution in [-0.2, 0) is 0 Å². The van der Waals surface area contributed by atoms with Gasteiger partial charge >= 0.3 is 0 Å². The van der Waals surface area contributed by atoms with Crippen molar-refractivity contribution in [3.8, 4) is 22.5 Å². The highest BCUT2D eigenvalue weighted by Crippen LogP contribution is 2.31. The molecule has 0 fully saturated rings. The van der Waals surface area contributed by atoms with Crippen molar-refractivity contribution in [2.75, 3.05) is 19.0 Å². The number of aromatic nitrogens is 3. The lowest BCUT2D eigenvalue weighted by atomic mass is 10.0. The molecule has 0 amide bonds. The van der Waals surface area contributed by atoms with Gasteiger partial charge in [0.1, 0.15) is 17.5 Å². The number of benzene rings is 2. The molecule has 0 aliphatic carbocycles. The van der Waals surface area contributed by atoms with E-state index in [9.17, 15) is 8.78 Å².